The average Bonchev–Trinajstić information content (AvgIpc) is 2.53. The Labute approximate surface area is 134 Å². The van der Waals surface area contributed by atoms with Crippen LogP contribution in [0.25, 0.3) is 0 Å². The van der Waals surface area contributed by atoms with E-state index in [-0.39, 0.29) is 6.04 Å². The third kappa shape index (κ3) is 4.33. The van der Waals surface area contributed by atoms with E-state index >= 15 is 0 Å². The highest BCUT2D eigenvalue weighted by molar-refractivity contribution is 9.10. The normalized spacial score (nSPS) is 11.7. The Bertz CT molecular complexity index is 584. The highest BCUT2D eigenvalue weighted by Gasteiger charge is 2.14. The number of hydrogen-bond donors (Lipinski definition) is 1. The second kappa shape index (κ2) is 7.84. The minimum atomic E-state index is 0.180. The second-order valence-electron chi connectivity index (χ2n) is 4.69. The van der Waals surface area contributed by atoms with Crippen LogP contribution in [-0.4, -0.2) is 12.1 Å². The van der Waals surface area contributed by atoms with Gasteiger partial charge in [-0.1, -0.05) is 22.0 Å². The molecule has 0 bridgehead atoms. The molecule has 1 atom stereocenters. The van der Waals surface area contributed by atoms with E-state index in [9.17, 15) is 0 Å². The highest BCUT2D eigenvalue weighted by atomic mass is 79.9. The molecule has 0 unspecified atom stereocenters. The largest absolute Gasteiger partial charge is 0.497 e. The maximum atomic E-state index is 5.18. The minimum Gasteiger partial charge on any atom is -0.497 e. The van der Waals surface area contributed by atoms with Gasteiger partial charge in [-0.15, -0.1) is 6.58 Å². The van der Waals surface area contributed by atoms with Crippen LogP contribution in [-0.2, 0) is 0 Å². The van der Waals surface area contributed by atoms with Crippen LogP contribution in [0.4, 0.5) is 5.69 Å². The zero-order valence-corrected chi connectivity index (χ0v) is 13.6. The number of nitrogens with one attached hydrogen (secondary N) is 1. The summed E-state index contributed by atoms with van der Waals surface area (Å²) in [4.78, 5) is 4.23. The summed E-state index contributed by atoms with van der Waals surface area (Å²) in [6, 6.07) is 10.1. The molecule has 0 radical (unpaired) electrons. The van der Waals surface area contributed by atoms with Crippen molar-refractivity contribution in [1.29, 1.82) is 0 Å². The fourth-order valence-electron chi connectivity index (χ4n) is 2.12. The molecule has 1 heterocycles. The van der Waals surface area contributed by atoms with Gasteiger partial charge < -0.3 is 10.1 Å². The third-order valence-corrected chi connectivity index (χ3v) is 3.98. The fourth-order valence-corrected chi connectivity index (χ4v) is 2.62. The van der Waals surface area contributed by atoms with E-state index in [1.165, 1.54) is 0 Å². The SMILES string of the molecule is C=CCC[C@H](Nc1ccc(OC)cc1)c1cnccc1Br. The Morgan fingerprint density at radius 3 is 2.71 bits per heavy atom. The van der Waals surface area contributed by atoms with E-state index in [1.54, 1.807) is 13.3 Å². The first-order chi connectivity index (χ1) is 10.2. The van der Waals surface area contributed by atoms with E-state index in [0.717, 1.165) is 34.3 Å². The minimum absolute atomic E-state index is 0.180. The molecule has 0 fully saturated rings. The number of nitrogens with zero attached hydrogens (tertiary/aromatic N) is 1. The van der Waals surface area contributed by atoms with Gasteiger partial charge >= 0.3 is 0 Å². The van der Waals surface area contributed by atoms with Gasteiger partial charge in [0, 0.05) is 28.1 Å². The molecule has 2 rings (SSSR count). The molecule has 2 aromatic rings. The van der Waals surface area contributed by atoms with Crippen molar-refractivity contribution >= 4 is 21.6 Å². The third-order valence-electron chi connectivity index (χ3n) is 3.26. The number of rotatable bonds is 7. The maximum Gasteiger partial charge on any atom is 0.119 e. The van der Waals surface area contributed by atoms with Gasteiger partial charge in [-0.3, -0.25) is 4.98 Å². The molecule has 1 N–H and O–H groups in total. The summed E-state index contributed by atoms with van der Waals surface area (Å²) in [7, 11) is 1.67. The van der Waals surface area contributed by atoms with Crippen LogP contribution < -0.4 is 10.1 Å². The summed E-state index contributed by atoms with van der Waals surface area (Å²) in [5, 5.41) is 3.55. The van der Waals surface area contributed by atoms with Gasteiger partial charge in [0.25, 0.3) is 0 Å². The monoisotopic (exact) mass is 346 g/mol. The molecule has 1 aromatic carbocycles. The summed E-state index contributed by atoms with van der Waals surface area (Å²) < 4.78 is 6.25. The summed E-state index contributed by atoms with van der Waals surface area (Å²) in [6.45, 7) is 3.81. The van der Waals surface area contributed by atoms with Gasteiger partial charge in [0.05, 0.1) is 13.2 Å². The lowest BCUT2D eigenvalue weighted by Gasteiger charge is -2.21. The predicted molar refractivity (Wildman–Crippen MR) is 90.7 cm³/mol. The van der Waals surface area contributed by atoms with Crippen LogP contribution in [0.5, 0.6) is 5.75 Å². The van der Waals surface area contributed by atoms with Crippen molar-refractivity contribution in [2.45, 2.75) is 18.9 Å². The Hall–Kier alpha value is -1.81. The summed E-state index contributed by atoms with van der Waals surface area (Å²) in [6.07, 6.45) is 7.52. The average molecular weight is 347 g/mol. The smallest absolute Gasteiger partial charge is 0.119 e. The van der Waals surface area contributed by atoms with Crippen molar-refractivity contribution in [3.63, 3.8) is 0 Å². The molecule has 21 heavy (non-hydrogen) atoms. The lowest BCUT2D eigenvalue weighted by molar-refractivity contribution is 0.415. The first-order valence-electron chi connectivity index (χ1n) is 6.85. The van der Waals surface area contributed by atoms with E-state index < -0.39 is 0 Å². The van der Waals surface area contributed by atoms with Gasteiger partial charge in [-0.2, -0.15) is 0 Å². The van der Waals surface area contributed by atoms with Gasteiger partial charge in [0.2, 0.25) is 0 Å². The van der Waals surface area contributed by atoms with E-state index in [0.29, 0.717) is 0 Å². The van der Waals surface area contributed by atoms with Crippen LogP contribution in [0, 0.1) is 0 Å². The number of aromatic nitrogens is 1. The second-order valence-corrected chi connectivity index (χ2v) is 5.54. The topological polar surface area (TPSA) is 34.1 Å². The summed E-state index contributed by atoms with van der Waals surface area (Å²) >= 11 is 3.60. The van der Waals surface area contributed by atoms with E-state index in [2.05, 4.69) is 32.8 Å². The molecule has 0 aliphatic heterocycles. The lowest BCUT2D eigenvalue weighted by atomic mass is 10.0. The number of hydrogen-bond acceptors (Lipinski definition) is 3. The Kier molecular flexibility index (Phi) is 5.81. The molecule has 1 aromatic heterocycles. The van der Waals surface area contributed by atoms with Crippen molar-refractivity contribution in [2.75, 3.05) is 12.4 Å². The van der Waals surface area contributed by atoms with Crippen LogP contribution in [0.3, 0.4) is 0 Å². The van der Waals surface area contributed by atoms with Crippen molar-refractivity contribution < 1.29 is 4.74 Å². The molecule has 0 amide bonds. The van der Waals surface area contributed by atoms with Crippen LogP contribution >= 0.6 is 15.9 Å². The van der Waals surface area contributed by atoms with Gasteiger partial charge in [0.1, 0.15) is 5.75 Å². The molecular weight excluding hydrogens is 328 g/mol. The standard InChI is InChI=1S/C17H19BrN2O/c1-3-4-5-17(15-12-19-11-10-16(15)18)20-13-6-8-14(21-2)9-7-13/h3,6-12,17,20H,1,4-5H2,2H3/t17-/m0/s1. The van der Waals surface area contributed by atoms with Crippen molar-refractivity contribution in [3.8, 4) is 5.75 Å². The van der Waals surface area contributed by atoms with Crippen molar-refractivity contribution in [2.24, 2.45) is 0 Å². The zero-order chi connectivity index (χ0) is 15.1. The molecule has 3 nitrogen and oxygen atoms in total. The van der Waals surface area contributed by atoms with Crippen LogP contribution in [0.2, 0.25) is 0 Å². The number of pyridine rings is 1. The highest BCUT2D eigenvalue weighted by Crippen LogP contribution is 2.29. The van der Waals surface area contributed by atoms with E-state index in [4.69, 9.17) is 4.74 Å². The van der Waals surface area contributed by atoms with E-state index in [1.807, 2.05) is 42.6 Å². The Morgan fingerprint density at radius 2 is 2.10 bits per heavy atom. The quantitative estimate of drug-likeness (QED) is 0.718. The molecule has 0 aliphatic carbocycles. The summed E-state index contributed by atoms with van der Waals surface area (Å²) in [5.74, 6) is 0.853. The van der Waals surface area contributed by atoms with Gasteiger partial charge in [-0.25, -0.2) is 0 Å². The number of anilines is 1. The number of allylic oxidation sites excluding steroid dienone is 1. The molecule has 110 valence electrons. The first-order valence-corrected chi connectivity index (χ1v) is 7.64. The van der Waals surface area contributed by atoms with Crippen molar-refractivity contribution in [1.82, 2.24) is 4.98 Å². The van der Waals surface area contributed by atoms with Gasteiger partial charge in [-0.05, 0) is 43.2 Å². The predicted octanol–water partition coefficient (Wildman–Crippen LogP) is 4.97. The van der Waals surface area contributed by atoms with Gasteiger partial charge in [0.15, 0.2) is 0 Å². The molecule has 0 saturated heterocycles. The first kappa shape index (κ1) is 15.6. The number of methoxy groups -OCH3 is 1. The fraction of sp³-hybridized carbons (Fsp3) is 0.235. The van der Waals surface area contributed by atoms with Crippen LogP contribution in [0.1, 0.15) is 24.4 Å². The zero-order valence-electron chi connectivity index (χ0n) is 12.1. The van der Waals surface area contributed by atoms with Crippen LogP contribution in [0.15, 0.2) is 59.9 Å². The maximum absolute atomic E-state index is 5.18. The molecular formula is C17H19BrN2O. The number of ether oxygens (including phenoxy) is 1. The number of halogens is 1. The Balaban J connectivity index is 2.19. The molecule has 0 saturated carbocycles. The molecule has 0 spiro atoms. The van der Waals surface area contributed by atoms with Crippen molar-refractivity contribution in [3.05, 3.63) is 65.4 Å². The molecule has 0 aliphatic rings. The lowest BCUT2D eigenvalue weighted by Crippen LogP contribution is -2.11. The summed E-state index contributed by atoms with van der Waals surface area (Å²) in [5.41, 5.74) is 2.20. The Morgan fingerprint density at radius 1 is 1.33 bits per heavy atom. The molecule has 4 heteroatoms. The number of benzene rings is 1.